The summed E-state index contributed by atoms with van der Waals surface area (Å²) in [5, 5.41) is 3.26. The molecule has 4 N–H and O–H groups in total. The van der Waals surface area contributed by atoms with E-state index in [4.69, 9.17) is 5.84 Å². The molecule has 0 saturated heterocycles. The highest BCUT2D eigenvalue weighted by Gasteiger charge is 2.13. The van der Waals surface area contributed by atoms with E-state index in [1.807, 2.05) is 13.0 Å². The lowest BCUT2D eigenvalue weighted by Gasteiger charge is -2.09. The first-order valence-corrected chi connectivity index (χ1v) is 6.71. The number of nitrogens with two attached hydrogens (primary N) is 1. The minimum Gasteiger partial charge on any atom is -0.323 e. The lowest BCUT2D eigenvalue weighted by atomic mass is 10.1. The summed E-state index contributed by atoms with van der Waals surface area (Å²) in [6.07, 6.45) is 1.64. The number of aromatic nitrogens is 1. The maximum absolute atomic E-state index is 12.1. The topological polar surface area (TPSA) is 80.0 Å². The summed E-state index contributed by atoms with van der Waals surface area (Å²) in [4.78, 5) is 16.1. The smallest absolute Gasteiger partial charge is 0.259 e. The van der Waals surface area contributed by atoms with Gasteiger partial charge in [-0.25, -0.2) is 4.98 Å². The number of carbonyl (C=O) groups excluding carboxylic acids is 1. The van der Waals surface area contributed by atoms with Crippen LogP contribution < -0.4 is 16.6 Å². The average Bonchev–Trinajstić information content (AvgIpc) is 2.74. The third kappa shape index (κ3) is 2.87. The number of hydrazine groups is 1. The standard InChI is InChI=1S/C11H11BrN4OS/c1-6-2-3-8(16-13)7(4-6)10(17)15-11-14-5-9(12)18-11/h2-5,16H,13H2,1H3,(H,14,15,17). The molecule has 0 saturated carbocycles. The van der Waals surface area contributed by atoms with Crippen LogP contribution in [-0.2, 0) is 0 Å². The van der Waals surface area contributed by atoms with Crippen LogP contribution in [0.5, 0.6) is 0 Å². The monoisotopic (exact) mass is 326 g/mol. The summed E-state index contributed by atoms with van der Waals surface area (Å²) in [7, 11) is 0. The van der Waals surface area contributed by atoms with Crippen LogP contribution in [0.2, 0.25) is 0 Å². The molecule has 2 rings (SSSR count). The third-order valence-electron chi connectivity index (χ3n) is 2.27. The van der Waals surface area contributed by atoms with Crippen molar-refractivity contribution in [1.82, 2.24) is 4.98 Å². The Balaban J connectivity index is 2.25. The lowest BCUT2D eigenvalue weighted by molar-refractivity contribution is 0.102. The van der Waals surface area contributed by atoms with Gasteiger partial charge in [-0.2, -0.15) is 0 Å². The Morgan fingerprint density at radius 3 is 2.89 bits per heavy atom. The number of aryl methyl sites for hydroxylation is 1. The number of benzene rings is 1. The number of halogens is 1. The molecule has 1 amide bonds. The molecule has 7 heteroatoms. The highest BCUT2D eigenvalue weighted by molar-refractivity contribution is 9.11. The molecule has 0 atom stereocenters. The number of hydrogen-bond acceptors (Lipinski definition) is 5. The number of rotatable bonds is 3. The minimum atomic E-state index is -0.242. The van der Waals surface area contributed by atoms with E-state index in [0.29, 0.717) is 16.4 Å². The second-order valence-corrected chi connectivity index (χ2v) is 6.03. The Morgan fingerprint density at radius 2 is 2.28 bits per heavy atom. The van der Waals surface area contributed by atoms with Crippen LogP contribution in [0.3, 0.4) is 0 Å². The van der Waals surface area contributed by atoms with Gasteiger partial charge in [-0.1, -0.05) is 23.0 Å². The SMILES string of the molecule is Cc1ccc(NN)c(C(=O)Nc2ncc(Br)s2)c1. The quantitative estimate of drug-likeness (QED) is 0.598. The van der Waals surface area contributed by atoms with Crippen LogP contribution in [0.15, 0.2) is 28.2 Å². The first-order chi connectivity index (χ1) is 8.60. The van der Waals surface area contributed by atoms with Crippen LogP contribution >= 0.6 is 27.3 Å². The number of carbonyl (C=O) groups is 1. The van der Waals surface area contributed by atoms with Crippen molar-refractivity contribution in [2.24, 2.45) is 5.84 Å². The Bertz CT molecular complexity index is 584. The molecule has 0 bridgehead atoms. The molecular formula is C11H11BrN4OS. The van der Waals surface area contributed by atoms with E-state index in [9.17, 15) is 4.79 Å². The van der Waals surface area contributed by atoms with E-state index < -0.39 is 0 Å². The zero-order valence-corrected chi connectivity index (χ0v) is 11.9. The number of amides is 1. The first kappa shape index (κ1) is 13.0. The van der Waals surface area contributed by atoms with Gasteiger partial charge < -0.3 is 5.43 Å². The highest BCUT2D eigenvalue weighted by Crippen LogP contribution is 2.24. The summed E-state index contributed by atoms with van der Waals surface area (Å²) in [5.74, 6) is 5.14. The van der Waals surface area contributed by atoms with Gasteiger partial charge in [0.1, 0.15) is 0 Å². The number of hydrogen-bond donors (Lipinski definition) is 3. The van der Waals surface area contributed by atoms with Crippen LogP contribution in [0, 0.1) is 6.92 Å². The molecule has 0 aliphatic rings. The van der Waals surface area contributed by atoms with Gasteiger partial charge in [0.15, 0.2) is 5.13 Å². The molecule has 2 aromatic rings. The Hall–Kier alpha value is -1.44. The van der Waals surface area contributed by atoms with Gasteiger partial charge in [0, 0.05) is 0 Å². The van der Waals surface area contributed by atoms with E-state index in [1.54, 1.807) is 18.3 Å². The van der Waals surface area contributed by atoms with E-state index >= 15 is 0 Å². The summed E-state index contributed by atoms with van der Waals surface area (Å²) in [5.41, 5.74) is 4.56. The van der Waals surface area contributed by atoms with E-state index in [2.05, 4.69) is 31.7 Å². The summed E-state index contributed by atoms with van der Waals surface area (Å²) in [6.45, 7) is 1.91. The van der Waals surface area contributed by atoms with Gasteiger partial charge >= 0.3 is 0 Å². The van der Waals surface area contributed by atoms with Crippen molar-refractivity contribution >= 4 is 44.0 Å². The van der Waals surface area contributed by atoms with Crippen molar-refractivity contribution in [3.63, 3.8) is 0 Å². The Morgan fingerprint density at radius 1 is 1.50 bits per heavy atom. The normalized spacial score (nSPS) is 10.2. The van der Waals surface area contributed by atoms with E-state index in [0.717, 1.165) is 9.35 Å². The Labute approximate surface area is 117 Å². The second-order valence-electron chi connectivity index (χ2n) is 3.62. The predicted molar refractivity (Wildman–Crippen MR) is 76.8 cm³/mol. The van der Waals surface area contributed by atoms with Crippen LogP contribution in [-0.4, -0.2) is 10.9 Å². The molecule has 0 unspecified atom stereocenters. The van der Waals surface area contributed by atoms with E-state index in [1.165, 1.54) is 11.3 Å². The molecule has 0 spiro atoms. The lowest BCUT2D eigenvalue weighted by Crippen LogP contribution is -2.17. The molecule has 0 radical (unpaired) electrons. The number of anilines is 2. The molecule has 94 valence electrons. The van der Waals surface area contributed by atoms with Gasteiger partial charge in [0.2, 0.25) is 0 Å². The fraction of sp³-hybridized carbons (Fsp3) is 0.0909. The average molecular weight is 327 g/mol. The molecule has 0 aliphatic carbocycles. The van der Waals surface area contributed by atoms with Crippen molar-refractivity contribution in [3.8, 4) is 0 Å². The summed E-state index contributed by atoms with van der Waals surface area (Å²) >= 11 is 4.64. The molecule has 1 aromatic heterocycles. The summed E-state index contributed by atoms with van der Waals surface area (Å²) in [6, 6.07) is 5.42. The third-order valence-corrected chi connectivity index (χ3v) is 3.66. The summed E-state index contributed by atoms with van der Waals surface area (Å²) < 4.78 is 0.860. The highest BCUT2D eigenvalue weighted by atomic mass is 79.9. The zero-order chi connectivity index (χ0) is 13.1. The molecule has 1 aromatic carbocycles. The van der Waals surface area contributed by atoms with Crippen LogP contribution in [0.4, 0.5) is 10.8 Å². The number of nitrogens with zero attached hydrogens (tertiary/aromatic N) is 1. The Kier molecular flexibility index (Phi) is 3.95. The maximum atomic E-state index is 12.1. The van der Waals surface area contributed by atoms with Crippen LogP contribution in [0.25, 0.3) is 0 Å². The number of nitrogens with one attached hydrogen (secondary N) is 2. The molecule has 0 aliphatic heterocycles. The van der Waals surface area contributed by atoms with Gasteiger partial charge in [0.25, 0.3) is 5.91 Å². The fourth-order valence-electron chi connectivity index (χ4n) is 1.45. The molecule has 1 heterocycles. The van der Waals surface area contributed by atoms with Crippen molar-refractivity contribution < 1.29 is 4.79 Å². The molecular weight excluding hydrogens is 316 g/mol. The van der Waals surface area contributed by atoms with Crippen molar-refractivity contribution in [2.45, 2.75) is 6.92 Å². The van der Waals surface area contributed by atoms with Gasteiger partial charge in [-0.05, 0) is 35.0 Å². The van der Waals surface area contributed by atoms with Gasteiger partial charge in [0.05, 0.1) is 21.2 Å². The number of nitrogen functional groups attached to an aromatic ring is 1. The first-order valence-electron chi connectivity index (χ1n) is 5.10. The van der Waals surface area contributed by atoms with Crippen molar-refractivity contribution in [1.29, 1.82) is 0 Å². The zero-order valence-electron chi connectivity index (χ0n) is 9.53. The second kappa shape index (κ2) is 5.47. The maximum Gasteiger partial charge on any atom is 0.259 e. The largest absolute Gasteiger partial charge is 0.323 e. The molecule has 0 fully saturated rings. The number of thiazole rings is 1. The predicted octanol–water partition coefficient (Wildman–Crippen LogP) is 2.75. The minimum absolute atomic E-state index is 0.242. The fourth-order valence-corrected chi connectivity index (χ4v) is 2.55. The molecule has 18 heavy (non-hydrogen) atoms. The van der Waals surface area contributed by atoms with Gasteiger partial charge in [-0.3, -0.25) is 16.0 Å². The molecule has 5 nitrogen and oxygen atoms in total. The van der Waals surface area contributed by atoms with Crippen molar-refractivity contribution in [2.75, 3.05) is 10.7 Å². The van der Waals surface area contributed by atoms with Gasteiger partial charge in [-0.15, -0.1) is 0 Å². The van der Waals surface area contributed by atoms with Crippen molar-refractivity contribution in [3.05, 3.63) is 39.3 Å². The van der Waals surface area contributed by atoms with Crippen LogP contribution in [0.1, 0.15) is 15.9 Å². The van der Waals surface area contributed by atoms with E-state index in [-0.39, 0.29) is 5.91 Å².